The molecule has 0 aromatic heterocycles. The summed E-state index contributed by atoms with van der Waals surface area (Å²) in [6.07, 6.45) is 0. The molecule has 0 aliphatic carbocycles. The zero-order chi connectivity index (χ0) is 18.9. The first-order valence-corrected chi connectivity index (χ1v) is 9.06. The van der Waals surface area contributed by atoms with Crippen LogP contribution in [-0.2, 0) is 9.59 Å². The van der Waals surface area contributed by atoms with Crippen LogP contribution in [0.1, 0.15) is 17.3 Å². The van der Waals surface area contributed by atoms with E-state index in [2.05, 4.69) is 10.6 Å². The van der Waals surface area contributed by atoms with Crippen LogP contribution in [0.15, 0.2) is 48.5 Å². The van der Waals surface area contributed by atoms with Crippen LogP contribution in [0, 0.1) is 0 Å². The summed E-state index contributed by atoms with van der Waals surface area (Å²) < 4.78 is 5.06. The van der Waals surface area contributed by atoms with E-state index in [-0.39, 0.29) is 29.1 Å². The second-order valence-electron chi connectivity index (χ2n) is 5.45. The third kappa shape index (κ3) is 6.25. The fourth-order valence-corrected chi connectivity index (χ4v) is 2.85. The second-order valence-corrected chi connectivity index (χ2v) is 6.44. The van der Waals surface area contributed by atoms with E-state index in [0.29, 0.717) is 22.7 Å². The van der Waals surface area contributed by atoms with E-state index in [0.717, 1.165) is 0 Å². The molecule has 0 fully saturated rings. The molecular formula is C19H20N2O4S. The SMILES string of the molecule is COc1ccc(NC(=O)CSCC(=O)c2ccc(NC(C)=O)cc2)cc1. The van der Waals surface area contributed by atoms with Crippen molar-refractivity contribution in [2.24, 2.45) is 0 Å². The van der Waals surface area contributed by atoms with Gasteiger partial charge in [0.15, 0.2) is 5.78 Å². The molecule has 0 atom stereocenters. The van der Waals surface area contributed by atoms with Crippen LogP contribution in [0.4, 0.5) is 11.4 Å². The number of hydrogen-bond acceptors (Lipinski definition) is 5. The van der Waals surface area contributed by atoms with Gasteiger partial charge in [-0.15, -0.1) is 11.8 Å². The third-order valence-electron chi connectivity index (χ3n) is 3.37. The van der Waals surface area contributed by atoms with Gasteiger partial charge in [-0.1, -0.05) is 0 Å². The molecule has 0 aliphatic heterocycles. The van der Waals surface area contributed by atoms with E-state index < -0.39 is 0 Å². The second kappa shape index (κ2) is 9.62. The fourth-order valence-electron chi connectivity index (χ4n) is 2.13. The molecule has 136 valence electrons. The zero-order valence-electron chi connectivity index (χ0n) is 14.6. The maximum absolute atomic E-state index is 12.1. The lowest BCUT2D eigenvalue weighted by Gasteiger charge is -2.06. The number of methoxy groups -OCH3 is 1. The van der Waals surface area contributed by atoms with E-state index in [4.69, 9.17) is 4.74 Å². The van der Waals surface area contributed by atoms with E-state index in [9.17, 15) is 14.4 Å². The summed E-state index contributed by atoms with van der Waals surface area (Å²) in [5, 5.41) is 5.41. The largest absolute Gasteiger partial charge is 0.497 e. The smallest absolute Gasteiger partial charge is 0.234 e. The Bertz CT molecular complexity index is 773. The molecule has 0 bridgehead atoms. The minimum absolute atomic E-state index is 0.0679. The number of hydrogen-bond donors (Lipinski definition) is 2. The Kier molecular flexibility index (Phi) is 7.23. The highest BCUT2D eigenvalue weighted by Crippen LogP contribution is 2.16. The van der Waals surface area contributed by atoms with Crippen LogP contribution < -0.4 is 15.4 Å². The molecular weight excluding hydrogens is 352 g/mol. The Morgan fingerprint density at radius 3 is 2.04 bits per heavy atom. The number of thioether (sulfide) groups is 1. The Morgan fingerprint density at radius 2 is 1.46 bits per heavy atom. The number of carbonyl (C=O) groups excluding carboxylic acids is 3. The summed E-state index contributed by atoms with van der Waals surface area (Å²) in [6.45, 7) is 1.42. The molecule has 0 aliphatic rings. The third-order valence-corrected chi connectivity index (χ3v) is 4.30. The number of rotatable bonds is 8. The van der Waals surface area contributed by atoms with Gasteiger partial charge in [0.25, 0.3) is 0 Å². The van der Waals surface area contributed by atoms with Gasteiger partial charge in [0.05, 0.1) is 18.6 Å². The van der Waals surface area contributed by atoms with Crippen LogP contribution >= 0.6 is 11.8 Å². The highest BCUT2D eigenvalue weighted by molar-refractivity contribution is 8.00. The number of anilines is 2. The number of Topliss-reactive ketones (excluding diaryl/α,β-unsaturated/α-hetero) is 1. The van der Waals surface area contributed by atoms with Gasteiger partial charge >= 0.3 is 0 Å². The first kappa shape index (κ1) is 19.5. The number of benzene rings is 2. The molecule has 2 aromatic carbocycles. The fraction of sp³-hybridized carbons (Fsp3) is 0.211. The van der Waals surface area contributed by atoms with Crippen molar-refractivity contribution in [1.29, 1.82) is 0 Å². The van der Waals surface area contributed by atoms with Crippen molar-refractivity contribution in [2.75, 3.05) is 29.2 Å². The number of amides is 2. The van der Waals surface area contributed by atoms with Gasteiger partial charge in [0, 0.05) is 23.9 Å². The zero-order valence-corrected chi connectivity index (χ0v) is 15.4. The first-order chi connectivity index (χ1) is 12.5. The average molecular weight is 372 g/mol. The van der Waals surface area contributed by atoms with Crippen molar-refractivity contribution in [2.45, 2.75) is 6.92 Å². The van der Waals surface area contributed by atoms with Gasteiger partial charge in [0.2, 0.25) is 11.8 Å². The van der Waals surface area contributed by atoms with Crippen LogP contribution in [-0.4, -0.2) is 36.2 Å². The molecule has 0 unspecified atom stereocenters. The van der Waals surface area contributed by atoms with Crippen molar-refractivity contribution in [3.05, 3.63) is 54.1 Å². The molecule has 2 aromatic rings. The lowest BCUT2D eigenvalue weighted by molar-refractivity contribution is -0.114. The molecule has 0 spiro atoms. The summed E-state index contributed by atoms with van der Waals surface area (Å²) in [6, 6.07) is 13.7. The molecule has 2 N–H and O–H groups in total. The van der Waals surface area contributed by atoms with Crippen LogP contribution in [0.2, 0.25) is 0 Å². The molecule has 2 amide bonds. The van der Waals surface area contributed by atoms with E-state index in [1.165, 1.54) is 18.7 Å². The van der Waals surface area contributed by atoms with Crippen LogP contribution in [0.5, 0.6) is 5.75 Å². The van der Waals surface area contributed by atoms with Crippen molar-refractivity contribution < 1.29 is 19.1 Å². The molecule has 7 heteroatoms. The highest BCUT2D eigenvalue weighted by Gasteiger charge is 2.09. The molecule has 6 nitrogen and oxygen atoms in total. The van der Waals surface area contributed by atoms with Gasteiger partial charge in [-0.3, -0.25) is 14.4 Å². The molecule has 0 radical (unpaired) electrons. The van der Waals surface area contributed by atoms with E-state index in [1.54, 1.807) is 55.6 Å². The number of carbonyl (C=O) groups is 3. The predicted octanol–water partition coefficient (Wildman–Crippen LogP) is 3.21. The maximum atomic E-state index is 12.1. The molecule has 26 heavy (non-hydrogen) atoms. The number of nitrogens with one attached hydrogen (secondary N) is 2. The van der Waals surface area contributed by atoms with Gasteiger partial charge in [-0.05, 0) is 48.5 Å². The Labute approximate surface area is 156 Å². The highest BCUT2D eigenvalue weighted by atomic mass is 32.2. The lowest BCUT2D eigenvalue weighted by atomic mass is 10.1. The van der Waals surface area contributed by atoms with Gasteiger partial charge < -0.3 is 15.4 Å². The van der Waals surface area contributed by atoms with E-state index in [1.807, 2.05) is 0 Å². The average Bonchev–Trinajstić information content (AvgIpc) is 2.62. The molecule has 0 saturated carbocycles. The summed E-state index contributed by atoms with van der Waals surface area (Å²) >= 11 is 1.25. The lowest BCUT2D eigenvalue weighted by Crippen LogP contribution is -2.15. The molecule has 0 saturated heterocycles. The Morgan fingerprint density at radius 1 is 0.885 bits per heavy atom. The predicted molar refractivity (Wildman–Crippen MR) is 104 cm³/mol. The van der Waals surface area contributed by atoms with E-state index >= 15 is 0 Å². The standard InChI is InChI=1S/C19H20N2O4S/c1-13(22)20-15-5-3-14(4-6-15)18(23)11-26-12-19(24)21-16-7-9-17(25-2)10-8-16/h3-10H,11-12H2,1-2H3,(H,20,22)(H,21,24). The minimum atomic E-state index is -0.172. The first-order valence-electron chi connectivity index (χ1n) is 7.90. The molecule has 0 heterocycles. The summed E-state index contributed by atoms with van der Waals surface area (Å²) in [4.78, 5) is 35.0. The van der Waals surface area contributed by atoms with Gasteiger partial charge in [0.1, 0.15) is 5.75 Å². The van der Waals surface area contributed by atoms with Gasteiger partial charge in [-0.2, -0.15) is 0 Å². The quantitative estimate of drug-likeness (QED) is 0.695. The van der Waals surface area contributed by atoms with Gasteiger partial charge in [-0.25, -0.2) is 0 Å². The van der Waals surface area contributed by atoms with Crippen molar-refractivity contribution >= 4 is 40.7 Å². The minimum Gasteiger partial charge on any atom is -0.497 e. The molecule has 2 rings (SSSR count). The summed E-state index contributed by atoms with van der Waals surface area (Å²) in [7, 11) is 1.58. The summed E-state index contributed by atoms with van der Waals surface area (Å²) in [5.74, 6) is 0.697. The number of ketones is 1. The van der Waals surface area contributed by atoms with Crippen molar-refractivity contribution in [3.8, 4) is 5.75 Å². The topological polar surface area (TPSA) is 84.5 Å². The van der Waals surface area contributed by atoms with Crippen LogP contribution in [0.3, 0.4) is 0 Å². The maximum Gasteiger partial charge on any atom is 0.234 e. The summed E-state index contributed by atoms with van der Waals surface area (Å²) in [5.41, 5.74) is 1.86. The van der Waals surface area contributed by atoms with Crippen molar-refractivity contribution in [3.63, 3.8) is 0 Å². The normalized spacial score (nSPS) is 10.1. The monoisotopic (exact) mass is 372 g/mol. The van der Waals surface area contributed by atoms with Crippen LogP contribution in [0.25, 0.3) is 0 Å². The number of ether oxygens (including phenoxy) is 1. The Balaban J connectivity index is 1.76. The van der Waals surface area contributed by atoms with Crippen molar-refractivity contribution in [1.82, 2.24) is 0 Å². The Hall–Kier alpha value is -2.80.